The van der Waals surface area contributed by atoms with E-state index < -0.39 is 0 Å². The molecule has 6 heteroatoms. The second-order valence-electron chi connectivity index (χ2n) is 6.50. The van der Waals surface area contributed by atoms with E-state index in [1.807, 2.05) is 49.4 Å². The van der Waals surface area contributed by atoms with Crippen molar-refractivity contribution in [2.24, 2.45) is 0 Å². The Bertz CT molecular complexity index is 748. The number of rotatable bonds is 6. The number of amides is 1. The maximum absolute atomic E-state index is 11.2. The zero-order chi connectivity index (χ0) is 18.5. The zero-order valence-corrected chi connectivity index (χ0v) is 15.4. The van der Waals surface area contributed by atoms with E-state index in [1.54, 1.807) is 7.11 Å². The Hall–Kier alpha value is -2.76. The van der Waals surface area contributed by atoms with Gasteiger partial charge in [0.05, 0.1) is 19.7 Å². The van der Waals surface area contributed by atoms with Gasteiger partial charge in [-0.1, -0.05) is 18.2 Å². The van der Waals surface area contributed by atoms with Gasteiger partial charge in [-0.3, -0.25) is 4.79 Å². The summed E-state index contributed by atoms with van der Waals surface area (Å²) in [6, 6.07) is 13.7. The Morgan fingerprint density at radius 3 is 2.73 bits per heavy atom. The van der Waals surface area contributed by atoms with Crippen LogP contribution in [0.15, 0.2) is 42.5 Å². The first-order valence-electron chi connectivity index (χ1n) is 8.85. The number of aromatic nitrogens is 1. The van der Waals surface area contributed by atoms with Gasteiger partial charge in [0.15, 0.2) is 0 Å². The van der Waals surface area contributed by atoms with Gasteiger partial charge >= 0.3 is 0 Å². The lowest BCUT2D eigenvalue weighted by Crippen LogP contribution is -2.25. The third-order valence-corrected chi connectivity index (χ3v) is 4.49. The highest BCUT2D eigenvalue weighted by Gasteiger charge is 2.25. The van der Waals surface area contributed by atoms with Crippen molar-refractivity contribution in [3.63, 3.8) is 0 Å². The van der Waals surface area contributed by atoms with Gasteiger partial charge < -0.3 is 19.7 Å². The first-order valence-corrected chi connectivity index (χ1v) is 8.85. The first kappa shape index (κ1) is 18.0. The van der Waals surface area contributed by atoms with E-state index >= 15 is 0 Å². The Balaban J connectivity index is 1.57. The molecular weight excluding hydrogens is 330 g/mol. The third-order valence-electron chi connectivity index (χ3n) is 4.49. The number of carbonyl (C=O) groups is 1. The maximum Gasteiger partial charge on any atom is 0.217 e. The number of nitrogens with one attached hydrogen (secondary N) is 1. The predicted molar refractivity (Wildman–Crippen MR) is 101 cm³/mol. The first-order chi connectivity index (χ1) is 12.5. The Morgan fingerprint density at radius 1 is 1.27 bits per heavy atom. The summed E-state index contributed by atoms with van der Waals surface area (Å²) < 4.78 is 11.3. The molecule has 0 spiro atoms. The summed E-state index contributed by atoms with van der Waals surface area (Å²) in [6.07, 6.45) is 1.07. The summed E-state index contributed by atoms with van der Waals surface area (Å²) in [5.41, 5.74) is 1.06. The van der Waals surface area contributed by atoms with Crippen molar-refractivity contribution >= 4 is 11.7 Å². The fourth-order valence-electron chi connectivity index (χ4n) is 3.14. The van der Waals surface area contributed by atoms with Gasteiger partial charge in [0.25, 0.3) is 0 Å². The maximum atomic E-state index is 11.2. The van der Waals surface area contributed by atoms with Crippen molar-refractivity contribution in [1.29, 1.82) is 0 Å². The molecule has 26 heavy (non-hydrogen) atoms. The fourth-order valence-corrected chi connectivity index (χ4v) is 3.14. The average molecular weight is 355 g/mol. The molecular formula is C20H25N3O3. The van der Waals surface area contributed by atoms with Gasteiger partial charge in [-0.15, -0.1) is 0 Å². The number of carbonyl (C=O) groups excluding carboxylic acids is 1. The van der Waals surface area contributed by atoms with Crippen molar-refractivity contribution < 1.29 is 14.3 Å². The second-order valence-corrected chi connectivity index (χ2v) is 6.50. The van der Waals surface area contributed by atoms with Gasteiger partial charge in [-0.25, -0.2) is 0 Å². The largest absolute Gasteiger partial charge is 0.489 e. The van der Waals surface area contributed by atoms with Crippen LogP contribution < -0.4 is 19.7 Å². The second kappa shape index (κ2) is 8.08. The molecule has 3 rings (SSSR count). The summed E-state index contributed by atoms with van der Waals surface area (Å²) in [4.78, 5) is 17.9. The fraction of sp³-hybridized carbons (Fsp3) is 0.400. The molecule has 1 fully saturated rings. The van der Waals surface area contributed by atoms with Gasteiger partial charge in [0.2, 0.25) is 11.8 Å². The number of hydrogen-bond donors (Lipinski definition) is 1. The van der Waals surface area contributed by atoms with E-state index in [2.05, 4.69) is 15.2 Å². The molecule has 0 bridgehead atoms. The van der Waals surface area contributed by atoms with Crippen molar-refractivity contribution in [3.8, 4) is 11.6 Å². The molecule has 1 aromatic carbocycles. The predicted octanol–water partition coefficient (Wildman–Crippen LogP) is 2.95. The molecule has 0 saturated carbocycles. The van der Waals surface area contributed by atoms with E-state index in [0.29, 0.717) is 5.88 Å². The molecule has 2 heterocycles. The average Bonchev–Trinajstić information content (AvgIpc) is 3.10. The highest BCUT2D eigenvalue weighted by molar-refractivity contribution is 5.73. The molecule has 1 aromatic heterocycles. The van der Waals surface area contributed by atoms with Crippen molar-refractivity contribution in [2.75, 3.05) is 25.1 Å². The Labute approximate surface area is 154 Å². The van der Waals surface area contributed by atoms with Crippen molar-refractivity contribution in [1.82, 2.24) is 10.3 Å². The Kier molecular flexibility index (Phi) is 5.61. The highest BCUT2D eigenvalue weighted by Crippen LogP contribution is 2.24. The summed E-state index contributed by atoms with van der Waals surface area (Å²) in [5, 5.41) is 2.88. The molecule has 1 unspecified atom stereocenters. The smallest absolute Gasteiger partial charge is 0.217 e. The molecule has 0 aliphatic carbocycles. The van der Waals surface area contributed by atoms with Crippen LogP contribution >= 0.6 is 0 Å². The van der Waals surface area contributed by atoms with Crippen LogP contribution in [-0.4, -0.2) is 37.2 Å². The normalized spacial score (nSPS) is 17.7. The summed E-state index contributed by atoms with van der Waals surface area (Å²) in [7, 11) is 1.62. The number of ether oxygens (including phenoxy) is 2. The molecule has 1 N–H and O–H groups in total. The lowest BCUT2D eigenvalue weighted by Gasteiger charge is -2.19. The molecule has 1 aliphatic rings. The molecule has 1 amide bonds. The molecule has 1 saturated heterocycles. The van der Waals surface area contributed by atoms with Crippen LogP contribution in [0.1, 0.15) is 31.9 Å². The van der Waals surface area contributed by atoms with Crippen LogP contribution in [0.5, 0.6) is 11.6 Å². The van der Waals surface area contributed by atoms with Crippen LogP contribution in [0.25, 0.3) is 0 Å². The monoisotopic (exact) mass is 355 g/mol. The zero-order valence-electron chi connectivity index (χ0n) is 15.4. The van der Waals surface area contributed by atoms with Crippen LogP contribution in [-0.2, 0) is 4.79 Å². The summed E-state index contributed by atoms with van der Waals surface area (Å²) in [5.74, 6) is 2.34. The van der Waals surface area contributed by atoms with Gasteiger partial charge in [0, 0.05) is 26.0 Å². The van der Waals surface area contributed by atoms with Crippen LogP contribution in [0.3, 0.4) is 0 Å². The van der Waals surface area contributed by atoms with Gasteiger partial charge in [-0.05, 0) is 30.7 Å². The number of methoxy groups -OCH3 is 1. The minimum Gasteiger partial charge on any atom is -0.489 e. The van der Waals surface area contributed by atoms with Crippen LogP contribution in [0.4, 0.5) is 5.82 Å². The number of benzene rings is 1. The van der Waals surface area contributed by atoms with E-state index in [4.69, 9.17) is 9.47 Å². The SMILES string of the molecule is COc1cccc(N2CCC(Oc3ccc([C@H](C)NC(C)=O)cc3)C2)n1. The van der Waals surface area contributed by atoms with Crippen molar-refractivity contribution in [3.05, 3.63) is 48.0 Å². The highest BCUT2D eigenvalue weighted by atomic mass is 16.5. The minimum atomic E-state index is -0.0324. The quantitative estimate of drug-likeness (QED) is 0.863. The van der Waals surface area contributed by atoms with E-state index in [1.165, 1.54) is 6.92 Å². The topological polar surface area (TPSA) is 63.7 Å². The third kappa shape index (κ3) is 4.45. The number of hydrogen-bond acceptors (Lipinski definition) is 5. The standard InChI is InChI=1S/C20H25N3O3/c1-14(21-15(2)24)16-7-9-17(10-8-16)26-18-11-12-23(13-18)19-5-4-6-20(22-19)25-3/h4-10,14,18H,11-13H2,1-3H3,(H,21,24)/t14-,18?/m0/s1. The van der Waals surface area contributed by atoms with Crippen LogP contribution in [0.2, 0.25) is 0 Å². The molecule has 0 radical (unpaired) electrons. The Morgan fingerprint density at radius 2 is 2.04 bits per heavy atom. The summed E-state index contributed by atoms with van der Waals surface area (Å²) in [6.45, 7) is 5.19. The van der Waals surface area contributed by atoms with E-state index in [0.717, 1.165) is 36.6 Å². The lowest BCUT2D eigenvalue weighted by molar-refractivity contribution is -0.119. The summed E-state index contributed by atoms with van der Waals surface area (Å²) >= 11 is 0. The van der Waals surface area contributed by atoms with Crippen LogP contribution in [0, 0.1) is 0 Å². The molecule has 138 valence electrons. The lowest BCUT2D eigenvalue weighted by atomic mass is 10.1. The minimum absolute atomic E-state index is 0.0114. The van der Waals surface area contributed by atoms with Crippen molar-refractivity contribution in [2.45, 2.75) is 32.4 Å². The molecule has 2 atom stereocenters. The number of anilines is 1. The molecule has 6 nitrogen and oxygen atoms in total. The van der Waals surface area contributed by atoms with E-state index in [-0.39, 0.29) is 18.1 Å². The number of pyridine rings is 1. The molecule has 2 aromatic rings. The molecule has 1 aliphatic heterocycles. The van der Waals surface area contributed by atoms with E-state index in [9.17, 15) is 4.79 Å². The van der Waals surface area contributed by atoms with Gasteiger partial charge in [-0.2, -0.15) is 4.98 Å². The van der Waals surface area contributed by atoms with Gasteiger partial charge in [0.1, 0.15) is 17.7 Å². The number of nitrogens with zero attached hydrogens (tertiary/aromatic N) is 2.